The summed E-state index contributed by atoms with van der Waals surface area (Å²) >= 11 is 0. The molecule has 0 amide bonds. The van der Waals surface area contributed by atoms with Crippen LogP contribution in [0.2, 0.25) is 0 Å². The third-order valence-corrected chi connectivity index (χ3v) is 3.81. The van der Waals surface area contributed by atoms with Gasteiger partial charge in [-0.1, -0.05) is 0 Å². The van der Waals surface area contributed by atoms with Gasteiger partial charge in [-0.2, -0.15) is 0 Å². The van der Waals surface area contributed by atoms with Crippen LogP contribution in [0.1, 0.15) is 24.2 Å². The Bertz CT molecular complexity index is 454. The zero-order valence-electron chi connectivity index (χ0n) is 10.8. The van der Waals surface area contributed by atoms with Gasteiger partial charge in [-0.3, -0.25) is 4.98 Å². The van der Waals surface area contributed by atoms with Gasteiger partial charge in [0.15, 0.2) is 0 Å². The Labute approximate surface area is 111 Å². The van der Waals surface area contributed by atoms with Crippen LogP contribution in [0.5, 0.6) is 0 Å². The van der Waals surface area contributed by atoms with Crippen molar-refractivity contribution in [2.75, 3.05) is 31.1 Å². The van der Waals surface area contributed by atoms with Crippen molar-refractivity contribution in [3.63, 3.8) is 0 Å². The van der Waals surface area contributed by atoms with Crippen LogP contribution in [0.4, 0.5) is 14.6 Å². The predicted molar refractivity (Wildman–Crippen MR) is 68.7 cm³/mol. The predicted octanol–water partition coefficient (Wildman–Crippen LogP) is 1.40. The smallest absolute Gasteiger partial charge is 0.251 e. The lowest BCUT2D eigenvalue weighted by atomic mass is 10.1. The Morgan fingerprint density at radius 2 is 1.79 bits per heavy atom. The van der Waals surface area contributed by atoms with Gasteiger partial charge in [0.05, 0.1) is 17.6 Å². The zero-order chi connectivity index (χ0) is 13.3. The molecule has 2 aliphatic rings. The fourth-order valence-corrected chi connectivity index (χ4v) is 2.60. The number of halogens is 2. The number of hydrogen-bond donors (Lipinski definition) is 1. The highest BCUT2D eigenvalue weighted by Gasteiger charge is 2.34. The summed E-state index contributed by atoms with van der Waals surface area (Å²) in [6.07, 6.45) is 3.30. The minimum Gasteiger partial charge on any atom is -0.355 e. The number of anilines is 1. The van der Waals surface area contributed by atoms with Gasteiger partial charge >= 0.3 is 0 Å². The average molecular weight is 268 g/mol. The second-order valence-corrected chi connectivity index (χ2v) is 5.21. The molecule has 0 saturated carbocycles. The maximum atomic E-state index is 13.1. The summed E-state index contributed by atoms with van der Waals surface area (Å²) in [5, 5.41) is 3.31. The molecule has 1 aromatic rings. The summed E-state index contributed by atoms with van der Waals surface area (Å²) in [4.78, 5) is 11.0. The molecule has 0 atom stereocenters. The minimum atomic E-state index is -2.51. The highest BCUT2D eigenvalue weighted by molar-refractivity contribution is 5.39. The van der Waals surface area contributed by atoms with Crippen molar-refractivity contribution in [1.29, 1.82) is 0 Å². The number of aromatic nitrogens is 2. The number of nitrogens with zero attached hydrogens (tertiary/aromatic N) is 3. The van der Waals surface area contributed by atoms with Crippen molar-refractivity contribution in [2.45, 2.75) is 31.6 Å². The van der Waals surface area contributed by atoms with E-state index in [4.69, 9.17) is 0 Å². The van der Waals surface area contributed by atoms with E-state index in [1.54, 1.807) is 6.20 Å². The summed E-state index contributed by atoms with van der Waals surface area (Å²) in [5.74, 6) is -1.77. The Kier molecular flexibility index (Phi) is 3.35. The van der Waals surface area contributed by atoms with Crippen LogP contribution in [0.25, 0.3) is 0 Å². The van der Waals surface area contributed by atoms with Crippen LogP contribution in [-0.2, 0) is 12.8 Å². The molecule has 3 rings (SSSR count). The molecule has 0 aliphatic carbocycles. The number of nitrogens with one attached hydrogen (secondary N) is 1. The van der Waals surface area contributed by atoms with Gasteiger partial charge in [0.2, 0.25) is 0 Å². The number of fused-ring (bicyclic) bond motifs is 1. The summed E-state index contributed by atoms with van der Waals surface area (Å²) < 4.78 is 26.3. The molecule has 104 valence electrons. The van der Waals surface area contributed by atoms with E-state index in [9.17, 15) is 8.78 Å². The number of hydrogen-bond acceptors (Lipinski definition) is 4. The van der Waals surface area contributed by atoms with E-state index in [0.29, 0.717) is 13.1 Å². The van der Waals surface area contributed by atoms with E-state index in [1.807, 2.05) is 4.90 Å². The highest BCUT2D eigenvalue weighted by atomic mass is 19.3. The first-order chi connectivity index (χ1) is 9.14. The minimum absolute atomic E-state index is 0.0900. The van der Waals surface area contributed by atoms with Crippen LogP contribution in [0.15, 0.2) is 6.20 Å². The van der Waals surface area contributed by atoms with Gasteiger partial charge in [0.25, 0.3) is 5.92 Å². The van der Waals surface area contributed by atoms with E-state index >= 15 is 0 Å². The number of alkyl halides is 2. The summed E-state index contributed by atoms with van der Waals surface area (Å²) in [6.45, 7) is 2.55. The van der Waals surface area contributed by atoms with Gasteiger partial charge in [0.1, 0.15) is 5.82 Å². The largest absolute Gasteiger partial charge is 0.355 e. The first kappa shape index (κ1) is 12.7. The van der Waals surface area contributed by atoms with Crippen LogP contribution < -0.4 is 10.2 Å². The van der Waals surface area contributed by atoms with Gasteiger partial charge in [-0.05, 0) is 0 Å². The van der Waals surface area contributed by atoms with Gasteiger partial charge in [-0.25, -0.2) is 13.8 Å². The standard InChI is InChI=1S/C13H18F2N4/c14-13(15)3-7-19(8-4-13)12-9-17-10-1-5-16-6-2-11(10)18-12/h9,16H,1-8H2. The number of rotatable bonds is 1. The molecule has 2 aliphatic heterocycles. The zero-order valence-corrected chi connectivity index (χ0v) is 10.8. The third kappa shape index (κ3) is 2.83. The molecule has 0 radical (unpaired) electrons. The second-order valence-electron chi connectivity index (χ2n) is 5.21. The molecular weight excluding hydrogens is 250 g/mol. The van der Waals surface area contributed by atoms with Gasteiger partial charge < -0.3 is 10.2 Å². The van der Waals surface area contributed by atoms with E-state index in [0.717, 1.165) is 43.1 Å². The van der Waals surface area contributed by atoms with E-state index in [2.05, 4.69) is 15.3 Å². The van der Waals surface area contributed by atoms with Gasteiger partial charge in [0, 0.05) is 51.9 Å². The quantitative estimate of drug-likeness (QED) is 0.836. The van der Waals surface area contributed by atoms with E-state index in [1.165, 1.54) is 0 Å². The normalized spacial score (nSPS) is 22.7. The van der Waals surface area contributed by atoms with Crippen LogP contribution >= 0.6 is 0 Å². The Morgan fingerprint density at radius 1 is 1.11 bits per heavy atom. The summed E-state index contributed by atoms with van der Waals surface area (Å²) in [6, 6.07) is 0. The average Bonchev–Trinajstić information content (AvgIpc) is 2.63. The lowest BCUT2D eigenvalue weighted by Crippen LogP contribution is -2.40. The summed E-state index contributed by atoms with van der Waals surface area (Å²) in [7, 11) is 0. The molecule has 1 saturated heterocycles. The molecule has 1 fully saturated rings. The van der Waals surface area contributed by atoms with Crippen molar-refractivity contribution in [1.82, 2.24) is 15.3 Å². The maximum absolute atomic E-state index is 13.1. The molecule has 0 bridgehead atoms. The van der Waals surface area contributed by atoms with Crippen molar-refractivity contribution in [2.24, 2.45) is 0 Å². The van der Waals surface area contributed by atoms with Crippen LogP contribution in [-0.4, -0.2) is 42.1 Å². The van der Waals surface area contributed by atoms with Crippen LogP contribution in [0, 0.1) is 0 Å². The molecule has 0 unspecified atom stereocenters. The SMILES string of the molecule is FC1(F)CCN(c2cnc3c(n2)CCNCC3)CC1. The molecule has 6 heteroatoms. The molecule has 3 heterocycles. The Morgan fingerprint density at radius 3 is 2.53 bits per heavy atom. The molecule has 1 aromatic heterocycles. The molecule has 1 N–H and O–H groups in total. The van der Waals surface area contributed by atoms with E-state index in [-0.39, 0.29) is 12.8 Å². The lowest BCUT2D eigenvalue weighted by Gasteiger charge is -2.32. The molecular formula is C13H18F2N4. The van der Waals surface area contributed by atoms with Crippen molar-refractivity contribution >= 4 is 5.82 Å². The van der Waals surface area contributed by atoms with Gasteiger partial charge in [-0.15, -0.1) is 0 Å². The monoisotopic (exact) mass is 268 g/mol. The van der Waals surface area contributed by atoms with Crippen molar-refractivity contribution in [3.05, 3.63) is 17.6 Å². The molecule has 4 nitrogen and oxygen atoms in total. The molecule has 0 spiro atoms. The Hall–Kier alpha value is -1.30. The number of piperidine rings is 1. The van der Waals surface area contributed by atoms with E-state index < -0.39 is 5.92 Å². The first-order valence-corrected chi connectivity index (χ1v) is 6.82. The first-order valence-electron chi connectivity index (χ1n) is 6.82. The third-order valence-electron chi connectivity index (χ3n) is 3.81. The van der Waals surface area contributed by atoms with Crippen molar-refractivity contribution in [3.8, 4) is 0 Å². The summed E-state index contributed by atoms with van der Waals surface area (Å²) in [5.41, 5.74) is 2.05. The lowest BCUT2D eigenvalue weighted by molar-refractivity contribution is -0.0221. The van der Waals surface area contributed by atoms with Crippen LogP contribution in [0.3, 0.4) is 0 Å². The highest BCUT2D eigenvalue weighted by Crippen LogP contribution is 2.29. The second kappa shape index (κ2) is 5.00. The molecule has 0 aromatic carbocycles. The fraction of sp³-hybridized carbons (Fsp3) is 0.692. The molecule has 19 heavy (non-hydrogen) atoms. The van der Waals surface area contributed by atoms with Crippen molar-refractivity contribution < 1.29 is 8.78 Å². The topological polar surface area (TPSA) is 41.1 Å². The fourth-order valence-electron chi connectivity index (χ4n) is 2.60. The Balaban J connectivity index is 1.77. The maximum Gasteiger partial charge on any atom is 0.251 e.